The van der Waals surface area contributed by atoms with E-state index in [1.165, 1.54) is 12.8 Å². The minimum atomic E-state index is 0.642. The van der Waals surface area contributed by atoms with Crippen LogP contribution >= 0.6 is 0 Å². The second kappa shape index (κ2) is 7.20. The first-order chi connectivity index (χ1) is 7.27. The summed E-state index contributed by atoms with van der Waals surface area (Å²) in [5.74, 6) is 0. The fraction of sp³-hybridized carbons (Fsp3) is 1.00. The molecule has 1 saturated heterocycles. The van der Waals surface area contributed by atoms with Crippen molar-refractivity contribution in [3.63, 3.8) is 0 Å². The van der Waals surface area contributed by atoms with Crippen LogP contribution in [0.5, 0.6) is 0 Å². The molecule has 3 nitrogen and oxygen atoms in total. The summed E-state index contributed by atoms with van der Waals surface area (Å²) in [4.78, 5) is 2.49. The third-order valence-electron chi connectivity index (χ3n) is 3.36. The van der Waals surface area contributed by atoms with Gasteiger partial charge in [0.25, 0.3) is 0 Å². The molecule has 0 bridgehead atoms. The summed E-state index contributed by atoms with van der Waals surface area (Å²) < 4.78 is 5.35. The Bertz CT molecular complexity index is 154. The summed E-state index contributed by atoms with van der Waals surface area (Å²) in [6.45, 7) is 12.0. The molecule has 1 aliphatic rings. The zero-order valence-electron chi connectivity index (χ0n) is 10.5. The normalized spacial score (nSPS) is 20.8. The highest BCUT2D eigenvalue weighted by molar-refractivity contribution is 4.74. The minimum absolute atomic E-state index is 0.642. The number of hydrogen-bond donors (Lipinski definition) is 1. The quantitative estimate of drug-likeness (QED) is 0.725. The van der Waals surface area contributed by atoms with Gasteiger partial charge in [-0.2, -0.15) is 0 Å². The molecule has 1 aliphatic heterocycles. The van der Waals surface area contributed by atoms with Crippen molar-refractivity contribution in [3.05, 3.63) is 0 Å². The van der Waals surface area contributed by atoms with Crippen molar-refractivity contribution in [2.45, 2.75) is 45.7 Å². The summed E-state index contributed by atoms with van der Waals surface area (Å²) in [7, 11) is 0. The van der Waals surface area contributed by atoms with E-state index in [0.717, 1.165) is 32.8 Å². The average Bonchev–Trinajstić information content (AvgIpc) is 2.29. The van der Waals surface area contributed by atoms with Crippen molar-refractivity contribution in [2.75, 3.05) is 32.8 Å². The molecule has 1 rings (SSSR count). The molecular weight excluding hydrogens is 188 g/mol. The minimum Gasteiger partial charge on any atom is -0.381 e. The van der Waals surface area contributed by atoms with Crippen molar-refractivity contribution in [1.82, 2.24) is 10.2 Å². The van der Waals surface area contributed by atoms with Crippen LogP contribution in [0.1, 0.15) is 33.6 Å². The molecule has 1 unspecified atom stereocenters. The topological polar surface area (TPSA) is 24.5 Å². The maximum Gasteiger partial charge on any atom is 0.0480 e. The summed E-state index contributed by atoms with van der Waals surface area (Å²) in [5.41, 5.74) is 0. The Kier molecular flexibility index (Phi) is 6.22. The molecule has 1 N–H and O–H groups in total. The van der Waals surface area contributed by atoms with Crippen LogP contribution < -0.4 is 5.32 Å². The molecule has 0 saturated carbocycles. The largest absolute Gasteiger partial charge is 0.381 e. The Morgan fingerprint density at radius 3 is 2.40 bits per heavy atom. The molecule has 3 heteroatoms. The third-order valence-corrected chi connectivity index (χ3v) is 3.36. The molecule has 1 fully saturated rings. The van der Waals surface area contributed by atoms with Crippen LogP contribution in [0.4, 0.5) is 0 Å². The fourth-order valence-electron chi connectivity index (χ4n) is 2.21. The summed E-state index contributed by atoms with van der Waals surface area (Å²) in [5, 5.41) is 3.65. The first-order valence-corrected chi connectivity index (χ1v) is 6.33. The predicted molar refractivity (Wildman–Crippen MR) is 64.2 cm³/mol. The number of ether oxygens (including phenoxy) is 1. The number of nitrogens with one attached hydrogen (secondary N) is 1. The van der Waals surface area contributed by atoms with Crippen LogP contribution in [0.15, 0.2) is 0 Å². The van der Waals surface area contributed by atoms with E-state index in [1.54, 1.807) is 0 Å². The molecule has 0 aromatic rings. The van der Waals surface area contributed by atoms with E-state index in [1.807, 2.05) is 0 Å². The SMILES string of the molecule is CCN(CC)C(C)CNC1CCOCC1. The van der Waals surface area contributed by atoms with Gasteiger partial charge in [-0.25, -0.2) is 0 Å². The Morgan fingerprint density at radius 1 is 1.27 bits per heavy atom. The van der Waals surface area contributed by atoms with E-state index in [-0.39, 0.29) is 0 Å². The Balaban J connectivity index is 2.16. The summed E-state index contributed by atoms with van der Waals surface area (Å²) in [6.07, 6.45) is 2.34. The summed E-state index contributed by atoms with van der Waals surface area (Å²) >= 11 is 0. The summed E-state index contributed by atoms with van der Waals surface area (Å²) in [6, 6.07) is 1.32. The van der Waals surface area contributed by atoms with Crippen LogP contribution in [0.25, 0.3) is 0 Å². The van der Waals surface area contributed by atoms with Crippen LogP contribution in [-0.2, 0) is 4.74 Å². The Morgan fingerprint density at radius 2 is 1.87 bits per heavy atom. The van der Waals surface area contributed by atoms with Gasteiger partial charge in [0.2, 0.25) is 0 Å². The van der Waals surface area contributed by atoms with Crippen LogP contribution in [0, 0.1) is 0 Å². The molecule has 0 aromatic carbocycles. The standard InChI is InChI=1S/C12H26N2O/c1-4-14(5-2)11(3)10-13-12-6-8-15-9-7-12/h11-13H,4-10H2,1-3H3. The van der Waals surface area contributed by atoms with Crippen molar-refractivity contribution in [3.8, 4) is 0 Å². The van der Waals surface area contributed by atoms with E-state index in [4.69, 9.17) is 4.74 Å². The second-order valence-corrected chi connectivity index (χ2v) is 4.37. The number of hydrogen-bond acceptors (Lipinski definition) is 3. The van der Waals surface area contributed by atoms with Gasteiger partial charge in [-0.1, -0.05) is 13.8 Å². The maximum absolute atomic E-state index is 5.35. The lowest BCUT2D eigenvalue weighted by Gasteiger charge is -2.30. The smallest absolute Gasteiger partial charge is 0.0480 e. The highest BCUT2D eigenvalue weighted by atomic mass is 16.5. The monoisotopic (exact) mass is 214 g/mol. The zero-order chi connectivity index (χ0) is 11.1. The van der Waals surface area contributed by atoms with E-state index >= 15 is 0 Å². The van der Waals surface area contributed by atoms with Crippen LogP contribution in [0.2, 0.25) is 0 Å². The molecule has 0 radical (unpaired) electrons. The number of rotatable bonds is 6. The molecule has 90 valence electrons. The molecule has 0 aromatic heterocycles. The average molecular weight is 214 g/mol. The van der Waals surface area contributed by atoms with E-state index in [9.17, 15) is 0 Å². The first kappa shape index (κ1) is 12.9. The second-order valence-electron chi connectivity index (χ2n) is 4.37. The van der Waals surface area contributed by atoms with E-state index in [0.29, 0.717) is 12.1 Å². The first-order valence-electron chi connectivity index (χ1n) is 6.33. The van der Waals surface area contributed by atoms with Crippen LogP contribution in [-0.4, -0.2) is 49.8 Å². The fourth-order valence-corrected chi connectivity index (χ4v) is 2.21. The van der Waals surface area contributed by atoms with Gasteiger partial charge in [-0.3, -0.25) is 4.90 Å². The van der Waals surface area contributed by atoms with E-state index < -0.39 is 0 Å². The third kappa shape index (κ3) is 4.49. The maximum atomic E-state index is 5.35. The van der Waals surface area contributed by atoms with Gasteiger partial charge in [0.15, 0.2) is 0 Å². The molecule has 1 heterocycles. The Labute approximate surface area is 94.2 Å². The van der Waals surface area contributed by atoms with Gasteiger partial charge in [-0.15, -0.1) is 0 Å². The molecule has 15 heavy (non-hydrogen) atoms. The van der Waals surface area contributed by atoms with Crippen molar-refractivity contribution < 1.29 is 4.74 Å². The van der Waals surface area contributed by atoms with Gasteiger partial charge in [0.05, 0.1) is 0 Å². The molecule has 0 spiro atoms. The van der Waals surface area contributed by atoms with Gasteiger partial charge in [-0.05, 0) is 32.9 Å². The van der Waals surface area contributed by atoms with Gasteiger partial charge in [0.1, 0.15) is 0 Å². The zero-order valence-corrected chi connectivity index (χ0v) is 10.5. The van der Waals surface area contributed by atoms with Crippen LogP contribution in [0.3, 0.4) is 0 Å². The van der Waals surface area contributed by atoms with Gasteiger partial charge in [0, 0.05) is 31.8 Å². The molecule has 1 atom stereocenters. The molecule has 0 aliphatic carbocycles. The number of likely N-dealkylation sites (N-methyl/N-ethyl adjacent to an activating group) is 1. The lowest BCUT2D eigenvalue weighted by atomic mass is 10.1. The van der Waals surface area contributed by atoms with E-state index in [2.05, 4.69) is 31.0 Å². The molecular formula is C12H26N2O. The highest BCUT2D eigenvalue weighted by Gasteiger charge is 2.15. The predicted octanol–water partition coefficient (Wildman–Crippen LogP) is 1.49. The van der Waals surface area contributed by atoms with Crippen molar-refractivity contribution in [2.24, 2.45) is 0 Å². The highest BCUT2D eigenvalue weighted by Crippen LogP contribution is 2.06. The lowest BCUT2D eigenvalue weighted by Crippen LogP contribution is -2.44. The number of nitrogens with zero attached hydrogens (tertiary/aromatic N) is 1. The Hall–Kier alpha value is -0.120. The lowest BCUT2D eigenvalue weighted by molar-refractivity contribution is 0.0755. The van der Waals surface area contributed by atoms with Crippen molar-refractivity contribution in [1.29, 1.82) is 0 Å². The van der Waals surface area contributed by atoms with Gasteiger partial charge < -0.3 is 10.1 Å². The van der Waals surface area contributed by atoms with Crippen molar-refractivity contribution >= 4 is 0 Å². The van der Waals surface area contributed by atoms with Gasteiger partial charge >= 0.3 is 0 Å². The molecule has 0 amide bonds.